The first kappa shape index (κ1) is 12.0. The molecule has 1 fully saturated rings. The molecule has 0 saturated carbocycles. The quantitative estimate of drug-likeness (QED) is 0.857. The summed E-state index contributed by atoms with van der Waals surface area (Å²) in [5, 5.41) is 2.14. The van der Waals surface area contributed by atoms with Gasteiger partial charge >= 0.3 is 0 Å². The molecule has 2 N–H and O–H groups in total. The maximum atomic E-state index is 6.00. The normalized spacial score (nSPS) is 26.8. The Kier molecular flexibility index (Phi) is 3.64. The van der Waals surface area contributed by atoms with Gasteiger partial charge in [-0.2, -0.15) is 0 Å². The van der Waals surface area contributed by atoms with E-state index in [0.29, 0.717) is 0 Å². The summed E-state index contributed by atoms with van der Waals surface area (Å²) in [4.78, 5) is 6.23. The van der Waals surface area contributed by atoms with Gasteiger partial charge in [-0.1, -0.05) is 6.07 Å². The molecule has 0 aromatic carbocycles. The highest BCUT2D eigenvalue weighted by molar-refractivity contribution is 7.09. The average molecular weight is 239 g/mol. The summed E-state index contributed by atoms with van der Waals surface area (Å²) in [5.74, 6) is 0. The standard InChI is InChI=1S/C12H21N3S/c1-14-6-5-12(9-13,10-14)15(2)8-11-4-3-7-16-11/h3-4,7H,5-6,8-10,13H2,1-2H3. The molecule has 0 radical (unpaired) electrons. The number of nitrogens with zero attached hydrogens (tertiary/aromatic N) is 2. The van der Waals surface area contributed by atoms with E-state index < -0.39 is 0 Å². The first-order valence-electron chi connectivity index (χ1n) is 5.78. The molecular weight excluding hydrogens is 218 g/mol. The molecule has 1 aliphatic heterocycles. The van der Waals surface area contributed by atoms with Gasteiger partial charge in [-0.05, 0) is 38.5 Å². The molecule has 1 aromatic rings. The van der Waals surface area contributed by atoms with Gasteiger partial charge in [0.2, 0.25) is 0 Å². The Bertz CT molecular complexity index is 325. The van der Waals surface area contributed by atoms with Crippen LogP contribution in [0.25, 0.3) is 0 Å². The van der Waals surface area contributed by atoms with Gasteiger partial charge < -0.3 is 10.6 Å². The van der Waals surface area contributed by atoms with Crippen LogP contribution in [-0.2, 0) is 6.54 Å². The summed E-state index contributed by atoms with van der Waals surface area (Å²) in [6, 6.07) is 4.31. The summed E-state index contributed by atoms with van der Waals surface area (Å²) in [7, 11) is 4.38. The second-order valence-electron chi connectivity index (χ2n) is 4.85. The van der Waals surface area contributed by atoms with Crippen LogP contribution in [0.2, 0.25) is 0 Å². The Morgan fingerprint density at radius 1 is 1.62 bits per heavy atom. The molecule has 90 valence electrons. The molecule has 1 aromatic heterocycles. The molecule has 1 unspecified atom stereocenters. The highest BCUT2D eigenvalue weighted by Gasteiger charge is 2.38. The summed E-state index contributed by atoms with van der Waals surface area (Å²) in [6.45, 7) is 4.01. The van der Waals surface area contributed by atoms with E-state index in [-0.39, 0.29) is 5.54 Å². The van der Waals surface area contributed by atoms with E-state index in [4.69, 9.17) is 5.73 Å². The molecule has 2 heterocycles. The Morgan fingerprint density at radius 2 is 2.44 bits per heavy atom. The highest BCUT2D eigenvalue weighted by Crippen LogP contribution is 2.27. The monoisotopic (exact) mass is 239 g/mol. The van der Waals surface area contributed by atoms with Gasteiger partial charge in [0.15, 0.2) is 0 Å². The molecule has 2 rings (SSSR count). The van der Waals surface area contributed by atoms with Crippen molar-refractivity contribution in [3.8, 4) is 0 Å². The molecule has 16 heavy (non-hydrogen) atoms. The molecule has 1 saturated heterocycles. The van der Waals surface area contributed by atoms with Gasteiger partial charge in [0.25, 0.3) is 0 Å². The van der Waals surface area contributed by atoms with Crippen molar-refractivity contribution in [3.63, 3.8) is 0 Å². The van der Waals surface area contributed by atoms with Crippen molar-refractivity contribution in [1.29, 1.82) is 0 Å². The number of rotatable bonds is 4. The van der Waals surface area contributed by atoms with Crippen molar-refractivity contribution in [2.75, 3.05) is 33.7 Å². The van der Waals surface area contributed by atoms with Crippen LogP contribution in [0.4, 0.5) is 0 Å². The van der Waals surface area contributed by atoms with E-state index in [1.165, 1.54) is 11.3 Å². The zero-order chi connectivity index (χ0) is 11.6. The van der Waals surface area contributed by atoms with Crippen LogP contribution in [0.1, 0.15) is 11.3 Å². The van der Waals surface area contributed by atoms with E-state index >= 15 is 0 Å². The van der Waals surface area contributed by atoms with Crippen molar-refractivity contribution >= 4 is 11.3 Å². The second kappa shape index (κ2) is 4.84. The lowest BCUT2D eigenvalue weighted by atomic mass is 9.96. The fourth-order valence-corrected chi connectivity index (χ4v) is 3.25. The summed E-state index contributed by atoms with van der Waals surface area (Å²) in [5.41, 5.74) is 6.18. The van der Waals surface area contributed by atoms with Crippen LogP contribution >= 0.6 is 11.3 Å². The number of hydrogen-bond donors (Lipinski definition) is 1. The number of nitrogens with two attached hydrogens (primary N) is 1. The third-order valence-electron chi connectivity index (χ3n) is 3.69. The van der Waals surface area contributed by atoms with Gasteiger partial charge in [-0.25, -0.2) is 0 Å². The Morgan fingerprint density at radius 3 is 2.94 bits per heavy atom. The first-order valence-corrected chi connectivity index (χ1v) is 6.66. The van der Waals surface area contributed by atoms with Crippen LogP contribution in [0.5, 0.6) is 0 Å². The average Bonchev–Trinajstić information content (AvgIpc) is 2.88. The minimum Gasteiger partial charge on any atom is -0.329 e. The third kappa shape index (κ3) is 2.30. The van der Waals surface area contributed by atoms with E-state index in [2.05, 4.69) is 41.4 Å². The summed E-state index contributed by atoms with van der Waals surface area (Å²) in [6.07, 6.45) is 1.18. The van der Waals surface area contributed by atoms with Crippen LogP contribution in [0.15, 0.2) is 17.5 Å². The minimum atomic E-state index is 0.179. The van der Waals surface area contributed by atoms with Gasteiger partial charge in [0.05, 0.1) is 0 Å². The van der Waals surface area contributed by atoms with Crippen molar-refractivity contribution in [3.05, 3.63) is 22.4 Å². The zero-order valence-corrected chi connectivity index (χ0v) is 11.0. The molecular formula is C12H21N3S. The van der Waals surface area contributed by atoms with Gasteiger partial charge in [0, 0.05) is 30.1 Å². The zero-order valence-electron chi connectivity index (χ0n) is 10.1. The largest absolute Gasteiger partial charge is 0.329 e. The van der Waals surface area contributed by atoms with Gasteiger partial charge in [-0.15, -0.1) is 11.3 Å². The maximum absolute atomic E-state index is 6.00. The van der Waals surface area contributed by atoms with Crippen molar-refractivity contribution < 1.29 is 0 Å². The molecule has 1 atom stereocenters. The molecule has 0 bridgehead atoms. The van der Waals surface area contributed by atoms with Crippen LogP contribution in [-0.4, -0.2) is 49.1 Å². The second-order valence-corrected chi connectivity index (χ2v) is 5.88. The Hall–Kier alpha value is -0.420. The van der Waals surface area contributed by atoms with Crippen LogP contribution in [0.3, 0.4) is 0 Å². The molecule has 0 aliphatic carbocycles. The number of likely N-dealkylation sites (N-methyl/N-ethyl adjacent to an activating group) is 2. The molecule has 4 heteroatoms. The molecule has 0 spiro atoms. The fraction of sp³-hybridized carbons (Fsp3) is 0.667. The van der Waals surface area contributed by atoms with Crippen LogP contribution in [0, 0.1) is 0 Å². The van der Waals surface area contributed by atoms with E-state index in [9.17, 15) is 0 Å². The van der Waals surface area contributed by atoms with Crippen molar-refractivity contribution in [1.82, 2.24) is 9.80 Å². The van der Waals surface area contributed by atoms with Crippen molar-refractivity contribution in [2.24, 2.45) is 5.73 Å². The van der Waals surface area contributed by atoms with E-state index in [1.807, 2.05) is 11.3 Å². The smallest absolute Gasteiger partial charge is 0.0471 e. The van der Waals surface area contributed by atoms with E-state index in [0.717, 1.165) is 26.2 Å². The topological polar surface area (TPSA) is 32.5 Å². The Labute approximate surface area is 102 Å². The number of likely N-dealkylation sites (tertiary alicyclic amines) is 1. The van der Waals surface area contributed by atoms with Crippen LogP contribution < -0.4 is 5.73 Å². The lowest BCUT2D eigenvalue weighted by Gasteiger charge is -2.37. The van der Waals surface area contributed by atoms with E-state index in [1.54, 1.807) is 0 Å². The predicted octanol–water partition coefficient (Wildman–Crippen LogP) is 1.21. The molecule has 0 amide bonds. The van der Waals surface area contributed by atoms with Gasteiger partial charge in [0.1, 0.15) is 0 Å². The SMILES string of the molecule is CN1CCC(CN)(N(C)Cc2cccs2)C1. The number of thiophene rings is 1. The minimum absolute atomic E-state index is 0.179. The maximum Gasteiger partial charge on any atom is 0.0471 e. The van der Waals surface area contributed by atoms with Crippen molar-refractivity contribution in [2.45, 2.75) is 18.5 Å². The molecule has 3 nitrogen and oxygen atoms in total. The summed E-state index contributed by atoms with van der Waals surface area (Å²) >= 11 is 1.82. The summed E-state index contributed by atoms with van der Waals surface area (Å²) < 4.78 is 0. The lowest BCUT2D eigenvalue weighted by Crippen LogP contribution is -2.53. The molecule has 1 aliphatic rings. The third-order valence-corrected chi connectivity index (χ3v) is 4.55. The Balaban J connectivity index is 2.04. The van der Waals surface area contributed by atoms with Gasteiger partial charge in [-0.3, -0.25) is 4.90 Å². The first-order chi connectivity index (χ1) is 7.66. The highest BCUT2D eigenvalue weighted by atomic mass is 32.1. The number of hydrogen-bond acceptors (Lipinski definition) is 4. The lowest BCUT2D eigenvalue weighted by molar-refractivity contribution is 0.127. The predicted molar refractivity (Wildman–Crippen MR) is 69.7 cm³/mol. The fourth-order valence-electron chi connectivity index (χ4n) is 2.50.